The lowest BCUT2D eigenvalue weighted by Gasteiger charge is -2.26. The predicted octanol–water partition coefficient (Wildman–Crippen LogP) is 6.12. The van der Waals surface area contributed by atoms with Crippen LogP contribution >= 0.6 is 11.6 Å². The Hall–Kier alpha value is -3.64. The lowest BCUT2D eigenvalue weighted by atomic mass is 9.95. The largest absolute Gasteiger partial charge is 0.507 e. The normalized spacial score (nSPS) is 17.3. The predicted molar refractivity (Wildman–Crippen MR) is 130 cm³/mol. The maximum atomic E-state index is 13.7. The quantitative estimate of drug-likeness (QED) is 0.272. The second kappa shape index (κ2) is 9.31. The molecule has 1 aliphatic heterocycles. The molecule has 1 heterocycles. The smallest absolute Gasteiger partial charge is 0.300 e. The lowest BCUT2D eigenvalue weighted by molar-refractivity contribution is -0.132. The average Bonchev–Trinajstić information content (AvgIpc) is 3.05. The first-order valence-electron chi connectivity index (χ1n) is 10.8. The maximum absolute atomic E-state index is 13.7. The van der Waals surface area contributed by atoms with Gasteiger partial charge < -0.3 is 9.84 Å². The first-order chi connectivity index (χ1) is 16.2. The van der Waals surface area contributed by atoms with E-state index >= 15 is 0 Å². The molecule has 0 saturated carbocycles. The van der Waals surface area contributed by atoms with Gasteiger partial charge in [0.15, 0.2) is 0 Å². The number of aryl methyl sites for hydroxylation is 2. The monoisotopic (exact) mass is 479 g/mol. The van der Waals surface area contributed by atoms with Gasteiger partial charge in [-0.05, 0) is 79.9 Å². The van der Waals surface area contributed by atoms with Crippen LogP contribution in [-0.4, -0.2) is 23.4 Å². The number of nitrogens with zero attached hydrogens (tertiary/aromatic N) is 1. The third kappa shape index (κ3) is 4.29. The molecule has 3 aromatic rings. The van der Waals surface area contributed by atoms with Gasteiger partial charge >= 0.3 is 0 Å². The number of carbonyl (C=O) groups excluding carboxylic acids is 2. The van der Waals surface area contributed by atoms with E-state index in [1.54, 1.807) is 31.2 Å². The van der Waals surface area contributed by atoms with E-state index in [0.717, 1.165) is 11.1 Å². The van der Waals surface area contributed by atoms with Gasteiger partial charge in [-0.3, -0.25) is 14.5 Å². The minimum Gasteiger partial charge on any atom is -0.507 e. The highest BCUT2D eigenvalue weighted by molar-refractivity contribution is 6.51. The van der Waals surface area contributed by atoms with Gasteiger partial charge in [0, 0.05) is 11.3 Å². The standard InChI is InChI=1S/C27H23ClFNO4/c1-4-34-22-14-18(7-10-21(22)28)25(31)23-24(17-5-8-19(29)9-6-17)30(27(33)26(23)32)20-12-15(2)11-16(3)13-20/h5-14,24,31H,4H2,1-3H3/b25-23-. The van der Waals surface area contributed by atoms with Crippen molar-refractivity contribution in [3.63, 3.8) is 0 Å². The third-order valence-corrected chi connectivity index (χ3v) is 5.93. The molecule has 1 fully saturated rings. The zero-order valence-corrected chi connectivity index (χ0v) is 19.7. The van der Waals surface area contributed by atoms with Gasteiger partial charge in [-0.15, -0.1) is 0 Å². The van der Waals surface area contributed by atoms with Gasteiger partial charge in [0.05, 0.1) is 23.2 Å². The molecule has 5 nitrogen and oxygen atoms in total. The summed E-state index contributed by atoms with van der Waals surface area (Å²) >= 11 is 6.18. The molecule has 3 aromatic carbocycles. The van der Waals surface area contributed by atoms with Crippen molar-refractivity contribution in [1.82, 2.24) is 0 Å². The van der Waals surface area contributed by atoms with Crippen LogP contribution in [0.25, 0.3) is 5.76 Å². The average molecular weight is 480 g/mol. The molecule has 1 amide bonds. The molecule has 0 bridgehead atoms. The molecule has 1 unspecified atom stereocenters. The van der Waals surface area contributed by atoms with Crippen LogP contribution in [0.2, 0.25) is 5.02 Å². The number of carbonyl (C=O) groups is 2. The Morgan fingerprint density at radius 1 is 1.03 bits per heavy atom. The van der Waals surface area contributed by atoms with E-state index in [2.05, 4.69) is 0 Å². The van der Waals surface area contributed by atoms with Crippen molar-refractivity contribution in [3.05, 3.63) is 99.3 Å². The van der Waals surface area contributed by atoms with E-state index < -0.39 is 23.5 Å². The molecule has 4 rings (SSSR count). The summed E-state index contributed by atoms with van der Waals surface area (Å²) < 4.78 is 19.2. The Morgan fingerprint density at radius 2 is 1.68 bits per heavy atom. The highest BCUT2D eigenvalue weighted by atomic mass is 35.5. The number of rotatable bonds is 5. The summed E-state index contributed by atoms with van der Waals surface area (Å²) in [4.78, 5) is 27.9. The first kappa shape index (κ1) is 23.5. The van der Waals surface area contributed by atoms with Gasteiger partial charge in [0.2, 0.25) is 0 Å². The summed E-state index contributed by atoms with van der Waals surface area (Å²) in [5.41, 5.74) is 3.00. The molecule has 34 heavy (non-hydrogen) atoms. The molecular formula is C27H23ClFNO4. The highest BCUT2D eigenvalue weighted by Gasteiger charge is 2.47. The Labute approximate surface area is 202 Å². The van der Waals surface area contributed by atoms with Crippen molar-refractivity contribution in [2.24, 2.45) is 0 Å². The number of ether oxygens (including phenoxy) is 1. The number of aliphatic hydroxyl groups is 1. The van der Waals surface area contributed by atoms with Crippen molar-refractivity contribution >= 4 is 34.7 Å². The van der Waals surface area contributed by atoms with Gasteiger partial charge in [-0.2, -0.15) is 0 Å². The van der Waals surface area contributed by atoms with E-state index in [4.69, 9.17) is 16.3 Å². The van der Waals surface area contributed by atoms with E-state index in [1.807, 2.05) is 19.9 Å². The van der Waals surface area contributed by atoms with E-state index in [-0.39, 0.29) is 16.9 Å². The van der Waals surface area contributed by atoms with Crippen LogP contribution in [0, 0.1) is 19.7 Å². The topological polar surface area (TPSA) is 66.8 Å². The van der Waals surface area contributed by atoms with Crippen LogP contribution in [-0.2, 0) is 9.59 Å². The van der Waals surface area contributed by atoms with E-state index in [0.29, 0.717) is 28.6 Å². The van der Waals surface area contributed by atoms with Gasteiger partial charge in [0.25, 0.3) is 11.7 Å². The fraction of sp³-hybridized carbons (Fsp3) is 0.185. The van der Waals surface area contributed by atoms with E-state index in [9.17, 15) is 19.1 Å². The Bertz CT molecular complexity index is 1300. The van der Waals surface area contributed by atoms with Crippen molar-refractivity contribution in [2.75, 3.05) is 11.5 Å². The zero-order chi connectivity index (χ0) is 24.6. The molecule has 174 valence electrons. The fourth-order valence-corrected chi connectivity index (χ4v) is 4.39. The summed E-state index contributed by atoms with van der Waals surface area (Å²) in [7, 11) is 0. The Morgan fingerprint density at radius 3 is 2.29 bits per heavy atom. The number of halogens is 2. The molecule has 7 heteroatoms. The summed E-state index contributed by atoms with van der Waals surface area (Å²) in [5.74, 6) is -2.09. The number of Topliss-reactive ketones (excluding diaryl/α,β-unsaturated/α-hetero) is 1. The van der Waals surface area contributed by atoms with Gasteiger partial charge in [0.1, 0.15) is 17.3 Å². The van der Waals surface area contributed by atoms with E-state index in [1.165, 1.54) is 35.2 Å². The molecule has 0 aromatic heterocycles. The second-order valence-electron chi connectivity index (χ2n) is 8.14. The lowest BCUT2D eigenvalue weighted by Crippen LogP contribution is -2.29. The van der Waals surface area contributed by atoms with Gasteiger partial charge in [-0.25, -0.2) is 4.39 Å². The Balaban J connectivity index is 1.95. The Kier molecular flexibility index (Phi) is 6.44. The number of ketones is 1. The molecular weight excluding hydrogens is 457 g/mol. The van der Waals surface area contributed by atoms with Crippen molar-refractivity contribution in [2.45, 2.75) is 26.8 Å². The SMILES string of the molecule is CCOc1cc(/C(O)=C2/C(=O)C(=O)N(c3cc(C)cc(C)c3)C2c2ccc(F)cc2)ccc1Cl. The highest BCUT2D eigenvalue weighted by Crippen LogP contribution is 2.43. The third-order valence-electron chi connectivity index (χ3n) is 5.62. The molecule has 1 aliphatic rings. The number of hydrogen-bond donors (Lipinski definition) is 1. The summed E-state index contributed by atoms with van der Waals surface area (Å²) in [6.45, 7) is 5.94. The first-order valence-corrected chi connectivity index (χ1v) is 11.2. The summed E-state index contributed by atoms with van der Waals surface area (Å²) in [6.07, 6.45) is 0. The van der Waals surface area contributed by atoms with Gasteiger partial charge in [-0.1, -0.05) is 29.8 Å². The number of hydrogen-bond acceptors (Lipinski definition) is 4. The van der Waals surface area contributed by atoms with Crippen LogP contribution in [0.15, 0.2) is 66.2 Å². The minimum absolute atomic E-state index is 0.0967. The number of aliphatic hydroxyl groups excluding tert-OH is 1. The zero-order valence-electron chi connectivity index (χ0n) is 18.9. The van der Waals surface area contributed by atoms with Crippen LogP contribution < -0.4 is 9.64 Å². The van der Waals surface area contributed by atoms with Crippen molar-refractivity contribution in [1.29, 1.82) is 0 Å². The molecule has 0 radical (unpaired) electrons. The van der Waals surface area contributed by atoms with Crippen molar-refractivity contribution < 1.29 is 23.8 Å². The summed E-state index contributed by atoms with van der Waals surface area (Å²) in [5, 5.41) is 11.6. The second-order valence-corrected chi connectivity index (χ2v) is 8.55. The number of amides is 1. The molecule has 0 aliphatic carbocycles. The van der Waals surface area contributed by atoms with Crippen LogP contribution in [0.5, 0.6) is 5.75 Å². The van der Waals surface area contributed by atoms with Crippen LogP contribution in [0.1, 0.15) is 35.2 Å². The number of anilines is 1. The van der Waals surface area contributed by atoms with Crippen molar-refractivity contribution in [3.8, 4) is 5.75 Å². The minimum atomic E-state index is -0.951. The summed E-state index contributed by atoms with van der Waals surface area (Å²) in [6, 6.07) is 14.7. The molecule has 1 atom stereocenters. The number of benzene rings is 3. The molecule has 1 saturated heterocycles. The maximum Gasteiger partial charge on any atom is 0.300 e. The van der Waals surface area contributed by atoms with Crippen LogP contribution in [0.3, 0.4) is 0 Å². The van der Waals surface area contributed by atoms with Crippen LogP contribution in [0.4, 0.5) is 10.1 Å². The molecule has 0 spiro atoms. The molecule has 1 N–H and O–H groups in total. The fourth-order valence-electron chi connectivity index (χ4n) is 4.22.